The monoisotopic (exact) mass is 177 g/mol. The molecular weight excluding hydrogens is 158 g/mol. The summed E-state index contributed by atoms with van der Waals surface area (Å²) < 4.78 is 2.18. The van der Waals surface area contributed by atoms with Crippen molar-refractivity contribution < 1.29 is 0 Å². The molecule has 0 N–H and O–H groups in total. The van der Waals surface area contributed by atoms with E-state index in [0.717, 1.165) is 6.42 Å². The van der Waals surface area contributed by atoms with Crippen LogP contribution in [0.5, 0.6) is 0 Å². The Bertz CT molecular complexity index is 294. The van der Waals surface area contributed by atoms with Gasteiger partial charge in [-0.3, -0.25) is 0 Å². The topological polar surface area (TPSA) is 4.93 Å². The highest BCUT2D eigenvalue weighted by Gasteiger charge is 2.08. The van der Waals surface area contributed by atoms with E-state index in [0.29, 0.717) is 0 Å². The fourth-order valence-electron chi connectivity index (χ4n) is 1.87. The minimum absolute atomic E-state index is 1.12. The Balaban J connectivity index is 3.15. The van der Waals surface area contributed by atoms with Gasteiger partial charge in [0, 0.05) is 18.9 Å². The van der Waals surface area contributed by atoms with Gasteiger partial charge in [-0.15, -0.1) is 0 Å². The largest absolute Gasteiger partial charge is 0.351 e. The van der Waals surface area contributed by atoms with E-state index in [-0.39, 0.29) is 0 Å². The second-order valence-electron chi connectivity index (χ2n) is 3.44. The van der Waals surface area contributed by atoms with Crippen molar-refractivity contribution in [1.29, 1.82) is 0 Å². The lowest BCUT2D eigenvalue weighted by Gasteiger charge is -2.02. The van der Waals surface area contributed by atoms with Gasteiger partial charge in [0.2, 0.25) is 0 Å². The van der Waals surface area contributed by atoms with Gasteiger partial charge in [0.15, 0.2) is 0 Å². The number of hydrogen-bond acceptors (Lipinski definition) is 0. The Morgan fingerprint density at radius 3 is 2.62 bits per heavy atom. The van der Waals surface area contributed by atoms with Gasteiger partial charge >= 0.3 is 0 Å². The Morgan fingerprint density at radius 2 is 2.15 bits per heavy atom. The van der Waals surface area contributed by atoms with Crippen LogP contribution in [0.15, 0.2) is 12.8 Å². The van der Waals surface area contributed by atoms with E-state index >= 15 is 0 Å². The van der Waals surface area contributed by atoms with Crippen LogP contribution >= 0.6 is 0 Å². The summed E-state index contributed by atoms with van der Waals surface area (Å²) in [5.41, 5.74) is 4.25. The molecule has 0 aromatic carbocycles. The van der Waals surface area contributed by atoms with Gasteiger partial charge in [-0.25, -0.2) is 0 Å². The third-order valence-electron chi connectivity index (χ3n) is 2.50. The van der Waals surface area contributed by atoms with Gasteiger partial charge < -0.3 is 4.57 Å². The molecule has 1 aromatic rings. The van der Waals surface area contributed by atoms with Gasteiger partial charge in [0.1, 0.15) is 0 Å². The van der Waals surface area contributed by atoms with E-state index < -0.39 is 0 Å². The fourth-order valence-corrected chi connectivity index (χ4v) is 1.87. The van der Waals surface area contributed by atoms with Crippen molar-refractivity contribution in [2.75, 3.05) is 0 Å². The van der Waals surface area contributed by atoms with Crippen LogP contribution < -0.4 is 0 Å². The number of aromatic nitrogens is 1. The summed E-state index contributed by atoms with van der Waals surface area (Å²) in [5.74, 6) is 0. The zero-order valence-corrected chi connectivity index (χ0v) is 8.93. The summed E-state index contributed by atoms with van der Waals surface area (Å²) in [6.07, 6.45) is 7.69. The minimum atomic E-state index is 1.12. The summed E-state index contributed by atoms with van der Waals surface area (Å²) in [6, 6.07) is 0. The van der Waals surface area contributed by atoms with Crippen LogP contribution in [0.4, 0.5) is 0 Å². The van der Waals surface area contributed by atoms with Crippen LogP contribution in [0.3, 0.4) is 0 Å². The van der Waals surface area contributed by atoms with E-state index in [1.807, 2.05) is 6.08 Å². The first-order valence-electron chi connectivity index (χ1n) is 5.04. The predicted molar refractivity (Wildman–Crippen MR) is 58.9 cm³/mol. The Hall–Kier alpha value is -0.980. The van der Waals surface area contributed by atoms with Crippen molar-refractivity contribution in [2.45, 2.75) is 33.1 Å². The second-order valence-corrected chi connectivity index (χ2v) is 3.44. The van der Waals surface area contributed by atoms with Gasteiger partial charge in [-0.2, -0.15) is 0 Å². The summed E-state index contributed by atoms with van der Waals surface area (Å²) in [7, 11) is 2.09. The highest BCUT2D eigenvalue weighted by Crippen LogP contribution is 2.20. The normalized spacial score (nSPS) is 10.4. The summed E-state index contributed by atoms with van der Waals surface area (Å²) in [4.78, 5) is 0. The van der Waals surface area contributed by atoms with Crippen molar-refractivity contribution >= 4 is 6.08 Å². The first kappa shape index (κ1) is 10.1. The lowest BCUT2D eigenvalue weighted by Crippen LogP contribution is -1.92. The molecule has 1 aromatic heterocycles. The molecule has 0 aliphatic heterocycles. The lowest BCUT2D eigenvalue weighted by atomic mass is 10.0. The highest BCUT2D eigenvalue weighted by atomic mass is 14.9. The minimum Gasteiger partial charge on any atom is -0.351 e. The first-order chi connectivity index (χ1) is 6.24. The number of aryl methyl sites for hydroxylation is 2. The quantitative estimate of drug-likeness (QED) is 0.665. The molecule has 0 atom stereocenters. The smallest absolute Gasteiger partial charge is 0.0433 e. The maximum atomic E-state index is 3.86. The van der Waals surface area contributed by atoms with Crippen LogP contribution in [-0.2, 0) is 19.9 Å². The van der Waals surface area contributed by atoms with Crippen molar-refractivity contribution in [3.05, 3.63) is 29.6 Å². The fraction of sp³-hybridized carbons (Fsp3) is 0.500. The highest BCUT2D eigenvalue weighted by molar-refractivity contribution is 5.51. The number of hydrogen-bond donors (Lipinski definition) is 0. The van der Waals surface area contributed by atoms with E-state index in [2.05, 4.69) is 38.2 Å². The third kappa shape index (κ3) is 1.85. The van der Waals surface area contributed by atoms with E-state index in [1.54, 1.807) is 0 Å². The van der Waals surface area contributed by atoms with Gasteiger partial charge in [-0.05, 0) is 30.0 Å². The molecule has 0 aliphatic carbocycles. The van der Waals surface area contributed by atoms with Crippen molar-refractivity contribution in [1.82, 2.24) is 4.57 Å². The standard InChI is InChI=1S/C12H19N/c1-5-8-11-10(6-2)9-13(4)12(11)7-3/h7,9H,3,5-6,8H2,1-2,4H3. The van der Waals surface area contributed by atoms with Crippen molar-refractivity contribution in [3.8, 4) is 0 Å². The average Bonchev–Trinajstić information content (AvgIpc) is 2.43. The molecule has 1 heterocycles. The maximum Gasteiger partial charge on any atom is 0.0433 e. The van der Waals surface area contributed by atoms with E-state index in [9.17, 15) is 0 Å². The first-order valence-corrected chi connectivity index (χ1v) is 5.04. The molecule has 0 radical (unpaired) electrons. The molecule has 0 spiro atoms. The van der Waals surface area contributed by atoms with Crippen LogP contribution in [0, 0.1) is 0 Å². The molecule has 13 heavy (non-hydrogen) atoms. The average molecular weight is 177 g/mol. The number of nitrogens with zero attached hydrogens (tertiary/aromatic N) is 1. The zero-order valence-electron chi connectivity index (χ0n) is 8.93. The molecule has 0 unspecified atom stereocenters. The number of rotatable bonds is 4. The van der Waals surface area contributed by atoms with Crippen LogP contribution in [0.1, 0.15) is 37.1 Å². The van der Waals surface area contributed by atoms with Crippen LogP contribution in [-0.4, -0.2) is 4.57 Å². The molecule has 72 valence electrons. The molecular formula is C12H19N. The van der Waals surface area contributed by atoms with Crippen molar-refractivity contribution in [3.63, 3.8) is 0 Å². The van der Waals surface area contributed by atoms with E-state index in [4.69, 9.17) is 0 Å². The van der Waals surface area contributed by atoms with Gasteiger partial charge in [-0.1, -0.05) is 26.8 Å². The summed E-state index contributed by atoms with van der Waals surface area (Å²) >= 11 is 0. The van der Waals surface area contributed by atoms with Crippen molar-refractivity contribution in [2.24, 2.45) is 7.05 Å². The van der Waals surface area contributed by atoms with Gasteiger partial charge in [0.05, 0.1) is 0 Å². The summed E-state index contributed by atoms with van der Waals surface area (Å²) in [6.45, 7) is 8.29. The molecule has 1 nitrogen and oxygen atoms in total. The summed E-state index contributed by atoms with van der Waals surface area (Å²) in [5, 5.41) is 0. The Morgan fingerprint density at radius 1 is 1.46 bits per heavy atom. The zero-order chi connectivity index (χ0) is 9.84. The SMILES string of the molecule is C=Cc1c(CCC)c(CC)cn1C. The molecule has 1 heteroatoms. The maximum absolute atomic E-state index is 3.86. The van der Waals surface area contributed by atoms with E-state index in [1.165, 1.54) is 29.7 Å². The third-order valence-corrected chi connectivity index (χ3v) is 2.50. The Kier molecular flexibility index (Phi) is 3.35. The molecule has 1 rings (SSSR count). The molecule has 0 amide bonds. The molecule has 0 bridgehead atoms. The second kappa shape index (κ2) is 4.31. The van der Waals surface area contributed by atoms with Crippen LogP contribution in [0.2, 0.25) is 0 Å². The molecule has 0 saturated heterocycles. The van der Waals surface area contributed by atoms with Crippen LogP contribution in [0.25, 0.3) is 6.08 Å². The molecule has 0 aliphatic rings. The molecule has 0 saturated carbocycles. The van der Waals surface area contributed by atoms with Gasteiger partial charge in [0.25, 0.3) is 0 Å². The predicted octanol–water partition coefficient (Wildman–Crippen LogP) is 3.18. The Labute approximate surface area is 81.1 Å². The molecule has 0 fully saturated rings. The lowest BCUT2D eigenvalue weighted by molar-refractivity contribution is 0.878.